The first-order chi connectivity index (χ1) is 10.8. The number of rotatable bonds is 0. The summed E-state index contributed by atoms with van der Waals surface area (Å²) in [5.41, 5.74) is -0.814. The van der Waals surface area contributed by atoms with Crippen molar-refractivity contribution in [1.29, 1.82) is 0 Å². The summed E-state index contributed by atoms with van der Waals surface area (Å²) >= 11 is 2.33. The predicted molar refractivity (Wildman–Crippen MR) is 99.4 cm³/mol. The Balaban J connectivity index is 0. The smallest absolute Gasteiger partial charge is 1.00 e. The van der Waals surface area contributed by atoms with Gasteiger partial charge in [-0.05, 0) is 41.5 Å². The number of ether oxygens (including phenoxy) is 2. The maximum atomic E-state index is 11.3. The molecule has 2 saturated heterocycles. The SMILES string of the molecule is CC(C)(C)OC(=O)N1CC(I)C1.CC(C)(C)OC(=O)N1CC(O)C1.[I-].[K+]. The first kappa shape index (κ1) is 29.8. The van der Waals surface area contributed by atoms with Crippen LogP contribution in [0.1, 0.15) is 41.5 Å². The maximum Gasteiger partial charge on any atom is 1.00 e. The van der Waals surface area contributed by atoms with E-state index in [1.54, 1.807) is 4.90 Å². The van der Waals surface area contributed by atoms with Crippen molar-refractivity contribution in [3.05, 3.63) is 0 Å². The standard InChI is InChI=1S/C8H14INO2.C8H15NO3.HI.K/c1-8(2,3)12-7(11)10-4-6(9)5-10;1-8(2,3)12-7(11)9-4-6(10)5-9;;/h6H,4-5H2,1-3H3;6,10H,4-5H2,1-3H3;1H;/q;;;+1/p-1. The Morgan fingerprint density at radius 1 is 0.885 bits per heavy atom. The van der Waals surface area contributed by atoms with Gasteiger partial charge in [0.15, 0.2) is 0 Å². The second-order valence-electron chi connectivity index (χ2n) is 8.02. The Morgan fingerprint density at radius 2 is 1.19 bits per heavy atom. The summed E-state index contributed by atoms with van der Waals surface area (Å²) in [5, 5.41) is 8.92. The third kappa shape index (κ3) is 12.2. The molecule has 0 radical (unpaired) electrons. The van der Waals surface area contributed by atoms with Crippen molar-refractivity contribution in [2.75, 3.05) is 26.2 Å². The number of aliphatic hydroxyl groups excluding tert-OH is 1. The van der Waals surface area contributed by atoms with Crippen molar-refractivity contribution >= 4 is 34.8 Å². The molecule has 0 unspecified atom stereocenters. The topological polar surface area (TPSA) is 79.3 Å². The molecule has 2 heterocycles. The van der Waals surface area contributed by atoms with Crippen LogP contribution >= 0.6 is 22.6 Å². The second-order valence-corrected chi connectivity index (χ2v) is 9.78. The van der Waals surface area contributed by atoms with Gasteiger partial charge in [-0.15, -0.1) is 0 Å². The van der Waals surface area contributed by atoms with Crippen LogP contribution in [0.5, 0.6) is 0 Å². The molecule has 0 spiro atoms. The fourth-order valence-corrected chi connectivity index (χ4v) is 2.78. The number of β-amino-alcohol motifs (C(OH)–C–C–N with tert-alkyl or cyclic N) is 1. The Hall–Kier alpha value is 1.60. The average molecular weight is 622 g/mol. The van der Waals surface area contributed by atoms with E-state index < -0.39 is 5.60 Å². The van der Waals surface area contributed by atoms with Crippen LogP contribution in [0, 0.1) is 0 Å². The third-order valence-corrected chi connectivity index (χ3v) is 3.79. The van der Waals surface area contributed by atoms with Gasteiger partial charge in [-0.2, -0.15) is 0 Å². The zero-order valence-corrected chi connectivity index (χ0v) is 24.2. The van der Waals surface area contributed by atoms with Crippen molar-refractivity contribution in [2.24, 2.45) is 0 Å². The van der Waals surface area contributed by atoms with Crippen LogP contribution in [0.2, 0.25) is 0 Å². The quantitative estimate of drug-likeness (QED) is 0.174. The van der Waals surface area contributed by atoms with Gasteiger partial charge >= 0.3 is 63.6 Å². The molecule has 0 aliphatic carbocycles. The normalized spacial score (nSPS) is 17.4. The van der Waals surface area contributed by atoms with Crippen molar-refractivity contribution in [3.63, 3.8) is 0 Å². The van der Waals surface area contributed by atoms with Gasteiger partial charge < -0.3 is 48.4 Å². The summed E-state index contributed by atoms with van der Waals surface area (Å²) in [6.07, 6.45) is -0.888. The van der Waals surface area contributed by atoms with Gasteiger partial charge in [0.1, 0.15) is 11.2 Å². The minimum atomic E-state index is -0.447. The van der Waals surface area contributed by atoms with E-state index >= 15 is 0 Å². The first-order valence-electron chi connectivity index (χ1n) is 8.05. The van der Waals surface area contributed by atoms with Gasteiger partial charge in [-0.25, -0.2) is 9.59 Å². The number of carbonyl (C=O) groups excluding carboxylic acids is 2. The van der Waals surface area contributed by atoms with E-state index in [-0.39, 0.29) is 99.3 Å². The molecule has 148 valence electrons. The number of hydrogen-bond donors (Lipinski definition) is 1. The van der Waals surface area contributed by atoms with Crippen LogP contribution in [0.15, 0.2) is 0 Å². The van der Waals surface area contributed by atoms with Crippen LogP contribution in [0.3, 0.4) is 0 Å². The Kier molecular flexibility index (Phi) is 14.1. The molecule has 0 aromatic carbocycles. The zero-order chi connectivity index (χ0) is 18.7. The van der Waals surface area contributed by atoms with Gasteiger partial charge in [-0.3, -0.25) is 0 Å². The number of hydrogen-bond acceptors (Lipinski definition) is 5. The summed E-state index contributed by atoms with van der Waals surface area (Å²) in [6.45, 7) is 13.6. The van der Waals surface area contributed by atoms with Crippen LogP contribution in [0.4, 0.5) is 9.59 Å². The molecule has 2 fully saturated rings. The fraction of sp³-hybridized carbons (Fsp3) is 0.875. The molecular formula is C16H29I2KN2O5. The monoisotopic (exact) mass is 622 g/mol. The van der Waals surface area contributed by atoms with Gasteiger partial charge in [0, 0.05) is 17.0 Å². The van der Waals surface area contributed by atoms with E-state index in [1.807, 2.05) is 41.5 Å². The summed E-state index contributed by atoms with van der Waals surface area (Å²) in [6, 6.07) is 0. The van der Waals surface area contributed by atoms with Gasteiger partial charge in [0.2, 0.25) is 0 Å². The van der Waals surface area contributed by atoms with Crippen molar-refractivity contribution in [3.8, 4) is 0 Å². The van der Waals surface area contributed by atoms with Crippen molar-refractivity contribution in [1.82, 2.24) is 9.80 Å². The summed E-state index contributed by atoms with van der Waals surface area (Å²) < 4.78 is 10.8. The number of nitrogens with zero attached hydrogens (tertiary/aromatic N) is 2. The average Bonchev–Trinajstić information content (AvgIpc) is 2.27. The molecule has 7 nitrogen and oxygen atoms in total. The number of carbonyl (C=O) groups is 2. The van der Waals surface area contributed by atoms with Crippen LogP contribution in [-0.4, -0.2) is 74.5 Å². The molecule has 10 heteroatoms. The molecule has 2 aliphatic heterocycles. The summed E-state index contributed by atoms with van der Waals surface area (Å²) in [4.78, 5) is 25.7. The van der Waals surface area contributed by atoms with E-state index in [9.17, 15) is 9.59 Å². The van der Waals surface area contributed by atoms with E-state index in [4.69, 9.17) is 14.6 Å². The molecule has 2 rings (SSSR count). The van der Waals surface area contributed by atoms with E-state index in [0.29, 0.717) is 17.0 Å². The first-order valence-corrected chi connectivity index (χ1v) is 9.29. The molecule has 0 atom stereocenters. The van der Waals surface area contributed by atoms with Crippen LogP contribution in [0.25, 0.3) is 0 Å². The number of likely N-dealkylation sites (tertiary alicyclic amines) is 2. The minimum Gasteiger partial charge on any atom is -1.00 e. The van der Waals surface area contributed by atoms with Crippen molar-refractivity contribution < 1.29 is 99.5 Å². The third-order valence-electron chi connectivity index (χ3n) is 3.00. The number of halogens is 2. The molecule has 2 amide bonds. The van der Waals surface area contributed by atoms with Crippen LogP contribution in [-0.2, 0) is 9.47 Å². The van der Waals surface area contributed by atoms with Crippen molar-refractivity contribution in [2.45, 2.75) is 62.8 Å². The zero-order valence-electron chi connectivity index (χ0n) is 16.7. The molecule has 0 saturated carbocycles. The summed E-state index contributed by atoms with van der Waals surface area (Å²) in [7, 11) is 0. The van der Waals surface area contributed by atoms with E-state index in [0.717, 1.165) is 13.1 Å². The maximum absolute atomic E-state index is 11.3. The molecule has 2 aliphatic rings. The largest absolute Gasteiger partial charge is 1.00 e. The summed E-state index contributed by atoms with van der Waals surface area (Å²) in [5.74, 6) is 0. The molecule has 26 heavy (non-hydrogen) atoms. The number of amides is 2. The minimum absolute atomic E-state index is 0. The fourth-order valence-electron chi connectivity index (χ4n) is 1.83. The van der Waals surface area contributed by atoms with Gasteiger partial charge in [-0.1, -0.05) is 22.6 Å². The van der Waals surface area contributed by atoms with Crippen LogP contribution < -0.4 is 75.4 Å². The Labute approximate surface area is 229 Å². The van der Waals surface area contributed by atoms with E-state index in [2.05, 4.69) is 22.6 Å². The molecule has 1 N–H and O–H groups in total. The molecule has 0 aromatic heterocycles. The van der Waals surface area contributed by atoms with E-state index in [1.165, 1.54) is 4.90 Å². The predicted octanol–water partition coefficient (Wildman–Crippen LogP) is -3.35. The Bertz CT molecular complexity index is 415. The van der Waals surface area contributed by atoms with Gasteiger partial charge in [0.05, 0.1) is 19.2 Å². The molecule has 0 bridgehead atoms. The molecular weight excluding hydrogens is 593 g/mol. The van der Waals surface area contributed by atoms with Gasteiger partial charge in [0.25, 0.3) is 0 Å². The molecule has 0 aromatic rings. The number of aliphatic hydroxyl groups is 1. The second kappa shape index (κ2) is 12.3. The Morgan fingerprint density at radius 3 is 1.42 bits per heavy atom. The number of alkyl halides is 1.